The van der Waals surface area contributed by atoms with E-state index in [1.54, 1.807) is 0 Å². The van der Waals surface area contributed by atoms with Crippen molar-refractivity contribution in [3.63, 3.8) is 0 Å². The molecule has 8 heteroatoms. The number of aromatic carboxylic acids is 1. The molecule has 0 saturated carbocycles. The fraction of sp³-hybridized carbons (Fsp3) is 0.143. The third-order valence-electron chi connectivity index (χ3n) is 1.28. The lowest BCUT2D eigenvalue weighted by Crippen LogP contribution is -2.18. The SMILES string of the molecule is O=C(O)c1cc(OC(F)(F)F)ncc1Br. The fourth-order valence-electron chi connectivity index (χ4n) is 0.758. The quantitative estimate of drug-likeness (QED) is 0.907. The molecular formula is C7H3BrF3NO3. The predicted octanol–water partition coefficient (Wildman–Crippen LogP) is 2.44. The Morgan fingerprint density at radius 2 is 2.13 bits per heavy atom. The highest BCUT2D eigenvalue weighted by atomic mass is 79.9. The monoisotopic (exact) mass is 285 g/mol. The second-order valence-electron chi connectivity index (χ2n) is 2.36. The van der Waals surface area contributed by atoms with Crippen molar-refractivity contribution in [1.29, 1.82) is 0 Å². The molecule has 0 bridgehead atoms. The molecule has 4 nitrogen and oxygen atoms in total. The predicted molar refractivity (Wildman–Crippen MR) is 45.6 cm³/mol. The molecule has 15 heavy (non-hydrogen) atoms. The van der Waals surface area contributed by atoms with Crippen molar-refractivity contribution in [1.82, 2.24) is 4.98 Å². The van der Waals surface area contributed by atoms with Gasteiger partial charge in [-0.15, -0.1) is 13.2 Å². The van der Waals surface area contributed by atoms with Crippen LogP contribution < -0.4 is 4.74 Å². The first kappa shape index (κ1) is 11.8. The molecule has 0 spiro atoms. The number of alkyl halides is 3. The van der Waals surface area contributed by atoms with E-state index in [0.717, 1.165) is 6.20 Å². The zero-order valence-electron chi connectivity index (χ0n) is 6.88. The van der Waals surface area contributed by atoms with Crippen LogP contribution in [0.2, 0.25) is 0 Å². The molecule has 0 amide bonds. The van der Waals surface area contributed by atoms with Crippen LogP contribution in [-0.2, 0) is 0 Å². The number of hydrogen-bond acceptors (Lipinski definition) is 3. The minimum atomic E-state index is -4.89. The Morgan fingerprint density at radius 1 is 1.53 bits per heavy atom. The molecule has 0 atom stereocenters. The van der Waals surface area contributed by atoms with Gasteiger partial charge in [-0.3, -0.25) is 0 Å². The Balaban J connectivity index is 3.03. The molecule has 0 unspecified atom stereocenters. The molecule has 1 heterocycles. The lowest BCUT2D eigenvalue weighted by Gasteiger charge is -2.08. The summed E-state index contributed by atoms with van der Waals surface area (Å²) >= 11 is 2.83. The molecule has 0 aromatic carbocycles. The first-order valence-corrected chi connectivity index (χ1v) is 4.23. The van der Waals surface area contributed by atoms with Gasteiger partial charge in [0.1, 0.15) is 0 Å². The Bertz CT molecular complexity index is 394. The van der Waals surface area contributed by atoms with Crippen molar-refractivity contribution in [2.24, 2.45) is 0 Å². The van der Waals surface area contributed by atoms with Crippen LogP contribution in [0.3, 0.4) is 0 Å². The number of rotatable bonds is 2. The van der Waals surface area contributed by atoms with E-state index in [1.165, 1.54) is 0 Å². The van der Waals surface area contributed by atoms with Gasteiger partial charge in [0.15, 0.2) is 0 Å². The smallest absolute Gasteiger partial charge is 0.478 e. The van der Waals surface area contributed by atoms with Gasteiger partial charge in [-0.2, -0.15) is 0 Å². The van der Waals surface area contributed by atoms with Gasteiger partial charge in [-0.1, -0.05) is 0 Å². The Hall–Kier alpha value is -1.31. The lowest BCUT2D eigenvalue weighted by molar-refractivity contribution is -0.276. The van der Waals surface area contributed by atoms with E-state index in [4.69, 9.17) is 5.11 Å². The number of carboxylic acid groups (broad SMARTS) is 1. The van der Waals surface area contributed by atoms with Crippen molar-refractivity contribution >= 4 is 21.9 Å². The highest BCUT2D eigenvalue weighted by Gasteiger charge is 2.32. The molecule has 0 aliphatic rings. The van der Waals surface area contributed by atoms with Crippen LogP contribution in [0.4, 0.5) is 13.2 Å². The Kier molecular flexibility index (Phi) is 3.18. The second-order valence-corrected chi connectivity index (χ2v) is 3.21. The highest BCUT2D eigenvalue weighted by Crippen LogP contribution is 2.24. The standard InChI is InChI=1S/C7H3BrF3NO3/c8-4-2-12-5(15-7(9,10)11)1-3(4)6(13)14/h1-2H,(H,13,14). The van der Waals surface area contributed by atoms with Gasteiger partial charge in [0.05, 0.1) is 10.0 Å². The molecule has 0 aliphatic heterocycles. The van der Waals surface area contributed by atoms with E-state index < -0.39 is 18.2 Å². The molecule has 0 saturated heterocycles. The minimum absolute atomic E-state index is 0.0736. The maximum atomic E-state index is 11.8. The third kappa shape index (κ3) is 3.39. The topological polar surface area (TPSA) is 59.4 Å². The van der Waals surface area contributed by atoms with Crippen molar-refractivity contribution in [3.8, 4) is 5.88 Å². The number of carbonyl (C=O) groups is 1. The van der Waals surface area contributed by atoms with E-state index in [2.05, 4.69) is 25.7 Å². The van der Waals surface area contributed by atoms with E-state index in [0.29, 0.717) is 6.07 Å². The average Bonchev–Trinajstić information content (AvgIpc) is 2.05. The number of aromatic nitrogens is 1. The third-order valence-corrected chi connectivity index (χ3v) is 1.91. The molecule has 1 rings (SSSR count). The van der Waals surface area contributed by atoms with Gasteiger partial charge in [-0.25, -0.2) is 9.78 Å². The van der Waals surface area contributed by atoms with Gasteiger partial charge < -0.3 is 9.84 Å². The first-order valence-electron chi connectivity index (χ1n) is 3.44. The van der Waals surface area contributed by atoms with Crippen LogP contribution in [0.15, 0.2) is 16.7 Å². The summed E-state index contributed by atoms with van der Waals surface area (Å²) in [6, 6.07) is 0.680. The normalized spacial score (nSPS) is 11.2. The maximum Gasteiger partial charge on any atom is 0.574 e. The second kappa shape index (κ2) is 4.05. The molecule has 0 aliphatic carbocycles. The van der Waals surface area contributed by atoms with Crippen molar-refractivity contribution in [2.45, 2.75) is 6.36 Å². The van der Waals surface area contributed by atoms with E-state index in [-0.39, 0.29) is 10.0 Å². The number of halogens is 4. The summed E-state index contributed by atoms with van der Waals surface area (Å²) in [5.41, 5.74) is -0.357. The van der Waals surface area contributed by atoms with Crippen molar-refractivity contribution in [3.05, 3.63) is 22.3 Å². The molecule has 1 N–H and O–H groups in total. The van der Waals surface area contributed by atoms with E-state index in [9.17, 15) is 18.0 Å². The van der Waals surface area contributed by atoms with Crippen molar-refractivity contribution in [2.75, 3.05) is 0 Å². The lowest BCUT2D eigenvalue weighted by atomic mass is 10.3. The van der Waals surface area contributed by atoms with Crippen LogP contribution in [0.5, 0.6) is 5.88 Å². The summed E-state index contributed by atoms with van der Waals surface area (Å²) in [7, 11) is 0. The Labute approximate surface area is 89.8 Å². The van der Waals surface area contributed by atoms with Gasteiger partial charge in [0.25, 0.3) is 0 Å². The van der Waals surface area contributed by atoms with E-state index >= 15 is 0 Å². The zero-order chi connectivity index (χ0) is 11.6. The number of pyridine rings is 1. The van der Waals surface area contributed by atoms with Gasteiger partial charge in [0, 0.05) is 12.3 Å². The van der Waals surface area contributed by atoms with Gasteiger partial charge >= 0.3 is 12.3 Å². The van der Waals surface area contributed by atoms with Crippen LogP contribution in [0.1, 0.15) is 10.4 Å². The molecular weight excluding hydrogens is 283 g/mol. The number of carboxylic acids is 1. The van der Waals surface area contributed by atoms with Crippen LogP contribution in [0.25, 0.3) is 0 Å². The van der Waals surface area contributed by atoms with Crippen LogP contribution >= 0.6 is 15.9 Å². The molecule has 82 valence electrons. The number of nitrogens with zero attached hydrogens (tertiary/aromatic N) is 1. The van der Waals surface area contributed by atoms with Crippen LogP contribution in [-0.4, -0.2) is 22.4 Å². The summed E-state index contributed by atoms with van der Waals surface area (Å²) in [5.74, 6) is -2.20. The van der Waals surface area contributed by atoms with Gasteiger partial charge in [0.2, 0.25) is 5.88 Å². The largest absolute Gasteiger partial charge is 0.574 e. The molecule has 1 aromatic heterocycles. The summed E-state index contributed by atoms with van der Waals surface area (Å²) < 4.78 is 38.8. The first-order chi connectivity index (χ1) is 6.79. The molecule has 0 radical (unpaired) electrons. The summed E-state index contributed by atoms with van der Waals surface area (Å²) in [6.45, 7) is 0. The highest BCUT2D eigenvalue weighted by molar-refractivity contribution is 9.10. The zero-order valence-corrected chi connectivity index (χ0v) is 8.46. The summed E-state index contributed by atoms with van der Waals surface area (Å²) in [6.07, 6.45) is -3.97. The molecule has 1 aromatic rings. The van der Waals surface area contributed by atoms with E-state index in [1.807, 2.05) is 0 Å². The van der Waals surface area contributed by atoms with Crippen molar-refractivity contribution < 1.29 is 27.8 Å². The maximum absolute atomic E-state index is 11.8. The fourth-order valence-corrected chi connectivity index (χ4v) is 1.14. The average molecular weight is 286 g/mol. The minimum Gasteiger partial charge on any atom is -0.478 e. The number of ether oxygens (including phenoxy) is 1. The van der Waals surface area contributed by atoms with Crippen LogP contribution in [0, 0.1) is 0 Å². The number of hydrogen-bond donors (Lipinski definition) is 1. The summed E-state index contributed by atoms with van der Waals surface area (Å²) in [5, 5.41) is 8.59. The molecule has 0 fully saturated rings. The summed E-state index contributed by atoms with van der Waals surface area (Å²) in [4.78, 5) is 13.8. The Morgan fingerprint density at radius 3 is 2.60 bits per heavy atom. The van der Waals surface area contributed by atoms with Gasteiger partial charge in [-0.05, 0) is 15.9 Å².